The number of carbonyl (C=O) groups is 1. The second kappa shape index (κ2) is 10.4. The number of thiol groups is 1. The molecule has 0 saturated carbocycles. The number of hydrogen-bond donors (Lipinski definition) is 6. The van der Waals surface area contributed by atoms with E-state index in [1.807, 2.05) is 0 Å². The average molecular weight is 282 g/mol. The van der Waals surface area contributed by atoms with Crippen LogP contribution in [0.1, 0.15) is 0 Å². The molecule has 0 rings (SSSR count). The van der Waals surface area contributed by atoms with Gasteiger partial charge in [0.2, 0.25) is 0 Å². The third-order valence-corrected chi connectivity index (χ3v) is 0.907. The molecule has 0 aliphatic heterocycles. The minimum atomic E-state index is -4.67. The minimum Gasteiger partial charge on any atom is -0.480 e. The lowest BCUT2D eigenvalue weighted by molar-refractivity contribution is -0.742. The van der Waals surface area contributed by atoms with Crippen LogP contribution in [0.25, 0.3) is 0 Å². The molecule has 0 spiro atoms. The molecule has 1 unspecified atom stereocenters. The number of nitrogens with two attached hydrogens (primary N) is 1. The molecule has 98 valence electrons. The van der Waals surface area contributed by atoms with Gasteiger partial charge in [-0.2, -0.15) is 21.0 Å². The van der Waals surface area contributed by atoms with Gasteiger partial charge in [0.15, 0.2) is 0 Å². The Morgan fingerprint density at radius 2 is 1.69 bits per heavy atom. The summed E-state index contributed by atoms with van der Waals surface area (Å²) in [4.78, 5) is 18.1. The topological polar surface area (TPSA) is 201 Å². The lowest BCUT2D eigenvalue weighted by Crippen LogP contribution is -2.31. The van der Waals surface area contributed by atoms with Gasteiger partial charge >= 0.3 is 16.4 Å². The van der Waals surface area contributed by atoms with Crippen molar-refractivity contribution in [3.63, 3.8) is 0 Å². The van der Waals surface area contributed by atoms with Crippen molar-refractivity contribution in [2.45, 2.75) is 6.04 Å². The largest absolute Gasteiger partial charge is 0.480 e. The Balaban J connectivity index is -0.000000166. The van der Waals surface area contributed by atoms with Crippen molar-refractivity contribution < 1.29 is 37.7 Å². The number of carboxylic acids is 1. The number of rotatable bonds is 2. The summed E-state index contributed by atoms with van der Waals surface area (Å²) in [6.07, 6.45) is 0. The predicted molar refractivity (Wildman–Crippen MR) is 52.4 cm³/mol. The van der Waals surface area contributed by atoms with E-state index in [1.54, 1.807) is 0 Å². The molecule has 0 heterocycles. The molecule has 6 N–H and O–H groups in total. The zero-order valence-electron chi connectivity index (χ0n) is 7.49. The SMILES string of the molecule is NC(CS)C(=O)O.O=S(=O)(O)O.O=[N+]([O-])O. The number of nitrogens with zero attached hydrogens (tertiary/aromatic N) is 1. The molecule has 0 fully saturated rings. The van der Waals surface area contributed by atoms with Crippen LogP contribution in [0.4, 0.5) is 0 Å². The zero-order valence-corrected chi connectivity index (χ0v) is 9.21. The molecular weight excluding hydrogens is 272 g/mol. The molecule has 0 aromatic rings. The number of hydrogen-bond acceptors (Lipinski definition) is 7. The fourth-order valence-corrected chi connectivity index (χ4v) is 0.234. The minimum absolute atomic E-state index is 0.190. The molecule has 0 bridgehead atoms. The maximum atomic E-state index is 9.76. The Morgan fingerprint density at radius 1 is 1.50 bits per heavy atom. The highest BCUT2D eigenvalue weighted by Crippen LogP contribution is 1.80. The highest BCUT2D eigenvalue weighted by atomic mass is 32.3. The lowest BCUT2D eigenvalue weighted by Gasteiger charge is -1.96. The summed E-state index contributed by atoms with van der Waals surface area (Å²) in [5, 5.41) is 21.6. The first-order valence-electron chi connectivity index (χ1n) is 3.04. The molecular formula is C3H10N2O9S2. The van der Waals surface area contributed by atoms with Gasteiger partial charge in [-0.3, -0.25) is 13.9 Å². The van der Waals surface area contributed by atoms with Gasteiger partial charge in [0.05, 0.1) is 0 Å². The van der Waals surface area contributed by atoms with E-state index in [0.29, 0.717) is 0 Å². The maximum Gasteiger partial charge on any atom is 0.394 e. The van der Waals surface area contributed by atoms with Gasteiger partial charge in [0.1, 0.15) is 6.04 Å². The smallest absolute Gasteiger partial charge is 0.394 e. The standard InChI is InChI=1S/C3H7NO2S.HNO3.H2O4S/c4-2(1-7)3(5)6;2-1(3)4;1-5(2,3)4/h2,7H,1,4H2,(H,5,6);(H,2,3,4);(H2,1,2,3,4). The first-order chi connectivity index (χ1) is 6.91. The zero-order chi connectivity index (χ0) is 13.9. The highest BCUT2D eigenvalue weighted by molar-refractivity contribution is 7.80. The van der Waals surface area contributed by atoms with Crippen molar-refractivity contribution >= 4 is 29.0 Å². The van der Waals surface area contributed by atoms with Gasteiger partial charge in [0, 0.05) is 5.75 Å². The van der Waals surface area contributed by atoms with E-state index < -0.39 is 27.5 Å². The first-order valence-corrected chi connectivity index (χ1v) is 5.07. The third kappa shape index (κ3) is 76.7. The van der Waals surface area contributed by atoms with Gasteiger partial charge in [0.25, 0.3) is 5.09 Å². The summed E-state index contributed by atoms with van der Waals surface area (Å²) < 4.78 is 31.6. The molecule has 0 aromatic heterocycles. The van der Waals surface area contributed by atoms with Gasteiger partial charge in [-0.05, 0) is 0 Å². The maximum absolute atomic E-state index is 9.76. The van der Waals surface area contributed by atoms with Crippen LogP contribution in [0.15, 0.2) is 0 Å². The lowest BCUT2D eigenvalue weighted by atomic mass is 10.4. The summed E-state index contributed by atoms with van der Waals surface area (Å²) in [6, 6.07) is -0.816. The molecule has 13 heteroatoms. The average Bonchev–Trinajstić information content (AvgIpc) is 1.98. The van der Waals surface area contributed by atoms with Gasteiger partial charge < -0.3 is 16.0 Å². The van der Waals surface area contributed by atoms with Crippen LogP contribution in [0.5, 0.6) is 0 Å². The van der Waals surface area contributed by atoms with Crippen LogP contribution in [0.2, 0.25) is 0 Å². The van der Waals surface area contributed by atoms with Crippen LogP contribution >= 0.6 is 12.6 Å². The summed E-state index contributed by atoms with van der Waals surface area (Å²) in [6.45, 7) is 0. The van der Waals surface area contributed by atoms with Crippen LogP contribution in [-0.4, -0.2) is 50.7 Å². The van der Waals surface area contributed by atoms with Crippen LogP contribution in [-0.2, 0) is 15.2 Å². The summed E-state index contributed by atoms with van der Waals surface area (Å²) in [5.74, 6) is -0.815. The Kier molecular flexibility index (Phi) is 13.1. The quantitative estimate of drug-likeness (QED) is 0.147. The molecule has 0 amide bonds. The normalized spacial score (nSPS) is 11.0. The van der Waals surface area contributed by atoms with Crippen LogP contribution in [0, 0.1) is 10.1 Å². The fraction of sp³-hybridized carbons (Fsp3) is 0.667. The van der Waals surface area contributed by atoms with Crippen molar-refractivity contribution in [2.75, 3.05) is 5.75 Å². The molecule has 0 aliphatic carbocycles. The molecule has 16 heavy (non-hydrogen) atoms. The molecule has 0 saturated heterocycles. The van der Waals surface area contributed by atoms with E-state index in [4.69, 9.17) is 43.7 Å². The van der Waals surface area contributed by atoms with Crippen molar-refractivity contribution in [3.05, 3.63) is 10.1 Å². The molecule has 11 nitrogen and oxygen atoms in total. The molecule has 0 radical (unpaired) electrons. The summed E-state index contributed by atoms with van der Waals surface area (Å²) >= 11 is 3.65. The Bertz CT molecular complexity index is 288. The molecule has 0 aliphatic rings. The second-order valence-electron chi connectivity index (χ2n) is 1.81. The van der Waals surface area contributed by atoms with Gasteiger partial charge in [-0.25, -0.2) is 0 Å². The Hall–Kier alpha value is -1.15. The first kappa shape index (κ1) is 20.3. The fourth-order valence-electron chi connectivity index (χ4n) is 0.0781. The predicted octanol–water partition coefficient (Wildman–Crippen LogP) is -1.67. The third-order valence-electron chi connectivity index (χ3n) is 0.514. The van der Waals surface area contributed by atoms with Crippen LogP contribution < -0.4 is 5.73 Å². The van der Waals surface area contributed by atoms with Crippen molar-refractivity contribution in [2.24, 2.45) is 5.73 Å². The van der Waals surface area contributed by atoms with E-state index in [0.717, 1.165) is 0 Å². The van der Waals surface area contributed by atoms with Crippen molar-refractivity contribution in [1.29, 1.82) is 0 Å². The number of carboxylic acid groups (broad SMARTS) is 1. The van der Waals surface area contributed by atoms with Crippen LogP contribution in [0.3, 0.4) is 0 Å². The molecule has 1 atom stereocenters. The van der Waals surface area contributed by atoms with Gasteiger partial charge in [-0.15, -0.1) is 10.1 Å². The van der Waals surface area contributed by atoms with Gasteiger partial charge in [-0.1, -0.05) is 0 Å². The van der Waals surface area contributed by atoms with E-state index in [9.17, 15) is 4.79 Å². The second-order valence-corrected chi connectivity index (χ2v) is 3.07. The highest BCUT2D eigenvalue weighted by Gasteiger charge is 2.06. The van der Waals surface area contributed by atoms with E-state index >= 15 is 0 Å². The van der Waals surface area contributed by atoms with E-state index in [2.05, 4.69) is 12.6 Å². The molecule has 0 aromatic carbocycles. The van der Waals surface area contributed by atoms with Crippen molar-refractivity contribution in [1.82, 2.24) is 0 Å². The number of aliphatic carboxylic acids is 1. The van der Waals surface area contributed by atoms with E-state index in [-0.39, 0.29) is 5.75 Å². The Morgan fingerprint density at radius 3 is 1.69 bits per heavy atom. The monoisotopic (exact) mass is 282 g/mol. The summed E-state index contributed by atoms with van der Waals surface area (Å²) in [7, 11) is -4.67. The van der Waals surface area contributed by atoms with Crippen molar-refractivity contribution in [3.8, 4) is 0 Å². The van der Waals surface area contributed by atoms with E-state index in [1.165, 1.54) is 0 Å². The Labute approximate surface area is 95.0 Å². The summed E-state index contributed by atoms with van der Waals surface area (Å²) in [5.41, 5.74) is 4.94.